The molecule has 2 atom stereocenters. The molecule has 0 bridgehead atoms. The van der Waals surface area contributed by atoms with Crippen molar-refractivity contribution < 1.29 is 4.79 Å². The summed E-state index contributed by atoms with van der Waals surface area (Å²) in [4.78, 5) is 16.0. The maximum Gasteiger partial charge on any atom is 0.224 e. The zero-order valence-electron chi connectivity index (χ0n) is 10.6. The second-order valence-electron chi connectivity index (χ2n) is 5.44. The monoisotopic (exact) mass is 235 g/mol. The number of hydrogen-bond acceptors (Lipinski definition) is 3. The molecule has 0 aliphatic carbocycles. The van der Waals surface area contributed by atoms with Gasteiger partial charge in [0.15, 0.2) is 0 Å². The van der Waals surface area contributed by atoms with E-state index in [1.807, 2.05) is 4.90 Å². The first-order valence-electron chi connectivity index (χ1n) is 6.59. The SMILES string of the molecule is CC(CN1CCCC1)CN1CC(C#N)CC1=O. The second kappa shape index (κ2) is 5.50. The van der Waals surface area contributed by atoms with Gasteiger partial charge in [0, 0.05) is 26.1 Å². The van der Waals surface area contributed by atoms with Crippen molar-refractivity contribution in [1.82, 2.24) is 9.80 Å². The van der Waals surface area contributed by atoms with Crippen molar-refractivity contribution in [2.45, 2.75) is 26.2 Å². The molecule has 2 fully saturated rings. The largest absolute Gasteiger partial charge is 0.341 e. The van der Waals surface area contributed by atoms with Crippen molar-refractivity contribution in [3.05, 3.63) is 0 Å². The third-order valence-corrected chi connectivity index (χ3v) is 3.70. The first-order valence-corrected chi connectivity index (χ1v) is 6.59. The molecular formula is C13H21N3O. The summed E-state index contributed by atoms with van der Waals surface area (Å²) in [5.41, 5.74) is 0. The maximum absolute atomic E-state index is 11.7. The summed E-state index contributed by atoms with van der Waals surface area (Å²) in [7, 11) is 0. The van der Waals surface area contributed by atoms with Gasteiger partial charge in [-0.3, -0.25) is 4.79 Å². The number of likely N-dealkylation sites (tertiary alicyclic amines) is 2. The van der Waals surface area contributed by atoms with E-state index < -0.39 is 0 Å². The molecule has 17 heavy (non-hydrogen) atoms. The van der Waals surface area contributed by atoms with Crippen LogP contribution in [0.1, 0.15) is 26.2 Å². The van der Waals surface area contributed by atoms with Crippen LogP contribution in [0.3, 0.4) is 0 Å². The smallest absolute Gasteiger partial charge is 0.224 e. The molecule has 0 aromatic rings. The van der Waals surface area contributed by atoms with Crippen LogP contribution in [0.4, 0.5) is 0 Å². The standard InChI is InChI=1S/C13H21N3O/c1-11(8-15-4-2-3-5-15)9-16-10-12(7-14)6-13(16)17/h11-12H,2-6,8-10H2,1H3. The fraction of sp³-hybridized carbons (Fsp3) is 0.846. The molecule has 2 aliphatic heterocycles. The molecule has 0 radical (unpaired) electrons. The van der Waals surface area contributed by atoms with Gasteiger partial charge < -0.3 is 9.80 Å². The average molecular weight is 235 g/mol. The van der Waals surface area contributed by atoms with Gasteiger partial charge in [-0.05, 0) is 31.8 Å². The molecule has 2 rings (SSSR count). The number of hydrogen-bond donors (Lipinski definition) is 0. The van der Waals surface area contributed by atoms with Gasteiger partial charge in [0.2, 0.25) is 5.91 Å². The predicted molar refractivity (Wildman–Crippen MR) is 65.1 cm³/mol. The van der Waals surface area contributed by atoms with Crippen LogP contribution in [0.5, 0.6) is 0 Å². The molecule has 2 unspecified atom stereocenters. The minimum atomic E-state index is -0.0820. The highest BCUT2D eigenvalue weighted by Gasteiger charge is 2.30. The third-order valence-electron chi connectivity index (χ3n) is 3.70. The van der Waals surface area contributed by atoms with Gasteiger partial charge in [-0.2, -0.15) is 5.26 Å². The summed E-state index contributed by atoms with van der Waals surface area (Å²) in [6.07, 6.45) is 3.05. The molecule has 2 aliphatic rings. The van der Waals surface area contributed by atoms with Crippen LogP contribution >= 0.6 is 0 Å². The molecule has 1 amide bonds. The normalized spacial score (nSPS) is 27.4. The Morgan fingerprint density at radius 1 is 1.41 bits per heavy atom. The van der Waals surface area contributed by atoms with Gasteiger partial charge in [-0.15, -0.1) is 0 Å². The highest BCUT2D eigenvalue weighted by Crippen LogP contribution is 2.19. The highest BCUT2D eigenvalue weighted by molar-refractivity contribution is 5.79. The lowest BCUT2D eigenvalue weighted by Gasteiger charge is -2.24. The molecule has 2 saturated heterocycles. The lowest BCUT2D eigenvalue weighted by atomic mass is 10.1. The highest BCUT2D eigenvalue weighted by atomic mass is 16.2. The average Bonchev–Trinajstić information content (AvgIpc) is 2.89. The Balaban J connectivity index is 1.76. The summed E-state index contributed by atoms with van der Waals surface area (Å²) in [6, 6.07) is 2.20. The number of amides is 1. The van der Waals surface area contributed by atoms with Crippen LogP contribution in [-0.2, 0) is 4.79 Å². The van der Waals surface area contributed by atoms with E-state index in [1.165, 1.54) is 25.9 Å². The van der Waals surface area contributed by atoms with E-state index in [9.17, 15) is 4.79 Å². The molecule has 0 aromatic heterocycles. The Kier molecular flexibility index (Phi) is 4.01. The first kappa shape index (κ1) is 12.4. The van der Waals surface area contributed by atoms with Gasteiger partial charge in [-0.1, -0.05) is 6.92 Å². The van der Waals surface area contributed by atoms with Crippen molar-refractivity contribution >= 4 is 5.91 Å². The number of carbonyl (C=O) groups is 1. The summed E-state index contributed by atoms with van der Waals surface area (Å²) < 4.78 is 0. The van der Waals surface area contributed by atoms with E-state index in [1.54, 1.807) is 0 Å². The summed E-state index contributed by atoms with van der Waals surface area (Å²) in [5, 5.41) is 8.83. The summed E-state index contributed by atoms with van der Waals surface area (Å²) in [5.74, 6) is 0.584. The fourth-order valence-electron chi connectivity index (χ4n) is 2.88. The van der Waals surface area contributed by atoms with Crippen LogP contribution < -0.4 is 0 Å². The zero-order valence-corrected chi connectivity index (χ0v) is 10.6. The van der Waals surface area contributed by atoms with E-state index >= 15 is 0 Å². The van der Waals surface area contributed by atoms with Gasteiger partial charge >= 0.3 is 0 Å². The molecular weight excluding hydrogens is 214 g/mol. The summed E-state index contributed by atoms with van der Waals surface area (Å²) in [6.45, 7) is 7.15. The van der Waals surface area contributed by atoms with Gasteiger partial charge in [0.05, 0.1) is 12.0 Å². The Bertz CT molecular complexity index is 317. The molecule has 4 nitrogen and oxygen atoms in total. The molecule has 0 N–H and O–H groups in total. The molecule has 0 spiro atoms. The topological polar surface area (TPSA) is 47.3 Å². The third kappa shape index (κ3) is 3.19. The molecule has 0 saturated carbocycles. The van der Waals surface area contributed by atoms with E-state index in [2.05, 4.69) is 17.9 Å². The van der Waals surface area contributed by atoms with Crippen molar-refractivity contribution in [2.24, 2.45) is 11.8 Å². The van der Waals surface area contributed by atoms with Crippen LogP contribution in [0.25, 0.3) is 0 Å². The number of nitrogens with zero attached hydrogens (tertiary/aromatic N) is 3. The van der Waals surface area contributed by atoms with Crippen molar-refractivity contribution in [2.75, 3.05) is 32.7 Å². The van der Waals surface area contributed by atoms with Gasteiger partial charge in [0.1, 0.15) is 0 Å². The Labute approximate surface area is 103 Å². The lowest BCUT2D eigenvalue weighted by Crippen LogP contribution is -2.35. The number of nitriles is 1. The van der Waals surface area contributed by atoms with Crippen LogP contribution in [0, 0.1) is 23.2 Å². The van der Waals surface area contributed by atoms with Gasteiger partial charge in [0.25, 0.3) is 0 Å². The summed E-state index contributed by atoms with van der Waals surface area (Å²) >= 11 is 0. The lowest BCUT2D eigenvalue weighted by molar-refractivity contribution is -0.128. The zero-order chi connectivity index (χ0) is 12.3. The van der Waals surface area contributed by atoms with E-state index in [-0.39, 0.29) is 11.8 Å². The van der Waals surface area contributed by atoms with E-state index in [0.717, 1.165) is 13.1 Å². The molecule has 94 valence electrons. The quantitative estimate of drug-likeness (QED) is 0.733. The number of rotatable bonds is 4. The van der Waals surface area contributed by atoms with Crippen molar-refractivity contribution in [3.8, 4) is 6.07 Å². The number of carbonyl (C=O) groups excluding carboxylic acids is 1. The minimum Gasteiger partial charge on any atom is -0.341 e. The second-order valence-corrected chi connectivity index (χ2v) is 5.44. The first-order chi connectivity index (χ1) is 8.19. The van der Waals surface area contributed by atoms with E-state index in [0.29, 0.717) is 18.9 Å². The fourth-order valence-corrected chi connectivity index (χ4v) is 2.88. The van der Waals surface area contributed by atoms with Crippen LogP contribution in [0.15, 0.2) is 0 Å². The maximum atomic E-state index is 11.7. The Hall–Kier alpha value is -1.08. The minimum absolute atomic E-state index is 0.0820. The van der Waals surface area contributed by atoms with Crippen LogP contribution in [-0.4, -0.2) is 48.4 Å². The van der Waals surface area contributed by atoms with Crippen LogP contribution in [0.2, 0.25) is 0 Å². The van der Waals surface area contributed by atoms with Gasteiger partial charge in [-0.25, -0.2) is 0 Å². The Morgan fingerprint density at radius 3 is 2.71 bits per heavy atom. The molecule has 2 heterocycles. The van der Waals surface area contributed by atoms with Crippen molar-refractivity contribution in [1.29, 1.82) is 5.26 Å². The van der Waals surface area contributed by atoms with E-state index in [4.69, 9.17) is 5.26 Å². The predicted octanol–water partition coefficient (Wildman–Crippen LogP) is 1.09. The Morgan fingerprint density at radius 2 is 2.12 bits per heavy atom. The molecule has 0 aromatic carbocycles. The van der Waals surface area contributed by atoms with Crippen molar-refractivity contribution in [3.63, 3.8) is 0 Å². The molecule has 4 heteroatoms.